The molecule has 4 heterocycles. The number of hydrogen-bond acceptors (Lipinski definition) is 9. The van der Waals surface area contributed by atoms with Gasteiger partial charge in [-0.05, 0) is 31.2 Å². The summed E-state index contributed by atoms with van der Waals surface area (Å²) in [5.41, 5.74) is 4.42. The van der Waals surface area contributed by atoms with Gasteiger partial charge in [-0.25, -0.2) is 15.0 Å². The van der Waals surface area contributed by atoms with E-state index in [0.717, 1.165) is 54.6 Å². The lowest BCUT2D eigenvalue weighted by Gasteiger charge is -2.32. The number of aryl methyl sites for hydroxylation is 2. The quantitative estimate of drug-likeness (QED) is 0.422. The van der Waals surface area contributed by atoms with Crippen molar-refractivity contribution in [2.24, 2.45) is 7.05 Å². The van der Waals surface area contributed by atoms with Crippen molar-refractivity contribution in [1.82, 2.24) is 34.6 Å². The molecule has 0 unspecified atom stereocenters. The van der Waals surface area contributed by atoms with E-state index in [2.05, 4.69) is 81.2 Å². The van der Waals surface area contributed by atoms with Gasteiger partial charge in [-0.15, -0.1) is 0 Å². The highest BCUT2D eigenvalue weighted by Gasteiger charge is 2.20. The molecule has 1 aromatic carbocycles. The normalized spacial score (nSPS) is 14.8. The average Bonchev–Trinajstić information content (AvgIpc) is 3.26. The maximum atomic E-state index is 6.33. The SMILES string of the molecule is Cc1ccc(CNc2cc(C(C)(C)C)nn2C)cc1Oc1ncnc2cnc(N3CCN(C)CC3)nc12. The first kappa shape index (κ1) is 24.9. The monoisotopic (exact) mass is 501 g/mol. The van der Waals surface area contributed by atoms with Gasteiger partial charge in [-0.1, -0.05) is 32.9 Å². The molecule has 1 fully saturated rings. The Labute approximate surface area is 217 Å². The van der Waals surface area contributed by atoms with Gasteiger partial charge >= 0.3 is 0 Å². The molecule has 0 radical (unpaired) electrons. The Hall–Kier alpha value is -3.79. The van der Waals surface area contributed by atoms with E-state index in [-0.39, 0.29) is 5.41 Å². The number of piperazine rings is 1. The van der Waals surface area contributed by atoms with Crippen molar-refractivity contribution in [1.29, 1.82) is 0 Å². The van der Waals surface area contributed by atoms with E-state index in [1.807, 2.05) is 24.7 Å². The molecule has 4 aromatic rings. The van der Waals surface area contributed by atoms with Gasteiger partial charge < -0.3 is 19.9 Å². The van der Waals surface area contributed by atoms with Crippen molar-refractivity contribution < 1.29 is 4.74 Å². The summed E-state index contributed by atoms with van der Waals surface area (Å²) in [4.78, 5) is 22.6. The first-order valence-electron chi connectivity index (χ1n) is 12.6. The summed E-state index contributed by atoms with van der Waals surface area (Å²) in [5, 5.41) is 8.15. The minimum Gasteiger partial charge on any atom is -0.437 e. The molecule has 5 rings (SSSR count). The first-order valence-corrected chi connectivity index (χ1v) is 12.6. The molecule has 0 spiro atoms. The fraction of sp³-hybridized carbons (Fsp3) is 0.444. The molecule has 1 saturated heterocycles. The zero-order valence-electron chi connectivity index (χ0n) is 22.5. The molecule has 0 aliphatic carbocycles. The molecule has 194 valence electrons. The van der Waals surface area contributed by atoms with Crippen LogP contribution in [0.1, 0.15) is 37.6 Å². The molecule has 0 bridgehead atoms. The standard InChI is InChI=1S/C27H35N9O/c1-18-7-8-19(15-28-23-14-22(27(2,3)4)33-35(23)6)13-21(18)37-25-24-20(30-17-31-25)16-29-26(32-24)36-11-9-34(5)10-12-36/h7-8,13-14,16-17,28H,9-12,15H2,1-6H3. The lowest BCUT2D eigenvalue weighted by molar-refractivity contribution is 0.311. The summed E-state index contributed by atoms with van der Waals surface area (Å²) in [5.74, 6) is 2.82. The zero-order valence-corrected chi connectivity index (χ0v) is 22.5. The Kier molecular flexibility index (Phi) is 6.68. The molecule has 1 aliphatic rings. The number of nitrogens with one attached hydrogen (secondary N) is 1. The van der Waals surface area contributed by atoms with Crippen LogP contribution in [0.3, 0.4) is 0 Å². The molecule has 37 heavy (non-hydrogen) atoms. The number of aromatic nitrogens is 6. The number of fused-ring (bicyclic) bond motifs is 1. The van der Waals surface area contributed by atoms with Crippen molar-refractivity contribution in [2.75, 3.05) is 43.4 Å². The van der Waals surface area contributed by atoms with Crippen LogP contribution in [-0.2, 0) is 19.0 Å². The minimum atomic E-state index is -0.00333. The van der Waals surface area contributed by atoms with E-state index < -0.39 is 0 Å². The third kappa shape index (κ3) is 5.48. The van der Waals surface area contributed by atoms with Crippen LogP contribution >= 0.6 is 0 Å². The van der Waals surface area contributed by atoms with Gasteiger partial charge in [-0.2, -0.15) is 10.1 Å². The van der Waals surface area contributed by atoms with Crippen LogP contribution in [-0.4, -0.2) is 67.8 Å². The lowest BCUT2D eigenvalue weighted by atomic mass is 9.92. The summed E-state index contributed by atoms with van der Waals surface area (Å²) in [6, 6.07) is 8.31. The van der Waals surface area contributed by atoms with Crippen molar-refractivity contribution in [3.63, 3.8) is 0 Å². The number of likely N-dealkylation sites (N-methyl/N-ethyl adjacent to an activating group) is 1. The van der Waals surface area contributed by atoms with Crippen LogP contribution in [0.25, 0.3) is 11.0 Å². The maximum Gasteiger partial charge on any atom is 0.249 e. The van der Waals surface area contributed by atoms with Crippen LogP contribution < -0.4 is 15.0 Å². The number of rotatable bonds is 6. The second-order valence-corrected chi connectivity index (χ2v) is 10.7. The summed E-state index contributed by atoms with van der Waals surface area (Å²) < 4.78 is 8.22. The van der Waals surface area contributed by atoms with Crippen molar-refractivity contribution in [2.45, 2.75) is 39.7 Å². The van der Waals surface area contributed by atoms with Crippen molar-refractivity contribution >= 4 is 22.8 Å². The fourth-order valence-corrected chi connectivity index (χ4v) is 4.22. The summed E-state index contributed by atoms with van der Waals surface area (Å²) in [6.07, 6.45) is 3.24. The fourth-order valence-electron chi connectivity index (χ4n) is 4.22. The summed E-state index contributed by atoms with van der Waals surface area (Å²) in [6.45, 7) is 12.9. The Morgan fingerprint density at radius 2 is 1.78 bits per heavy atom. The van der Waals surface area contributed by atoms with E-state index in [0.29, 0.717) is 29.4 Å². The molecule has 10 heteroatoms. The molecule has 0 amide bonds. The van der Waals surface area contributed by atoms with Crippen LogP contribution in [0, 0.1) is 6.92 Å². The molecule has 1 aliphatic heterocycles. The molecule has 10 nitrogen and oxygen atoms in total. The van der Waals surface area contributed by atoms with Gasteiger partial charge in [0.15, 0.2) is 5.52 Å². The summed E-state index contributed by atoms with van der Waals surface area (Å²) >= 11 is 0. The number of ether oxygens (including phenoxy) is 1. The molecular weight excluding hydrogens is 466 g/mol. The highest BCUT2D eigenvalue weighted by molar-refractivity contribution is 5.79. The highest BCUT2D eigenvalue weighted by Crippen LogP contribution is 2.30. The van der Waals surface area contributed by atoms with Crippen LogP contribution in [0.4, 0.5) is 11.8 Å². The highest BCUT2D eigenvalue weighted by atomic mass is 16.5. The molecule has 3 aromatic heterocycles. The van der Waals surface area contributed by atoms with Gasteiger partial charge in [0.1, 0.15) is 23.4 Å². The molecule has 0 saturated carbocycles. The molecular formula is C27H35N9O. The van der Waals surface area contributed by atoms with E-state index in [9.17, 15) is 0 Å². The van der Waals surface area contributed by atoms with E-state index in [1.165, 1.54) is 6.33 Å². The second kappa shape index (κ2) is 9.93. The van der Waals surface area contributed by atoms with Gasteiger partial charge in [0.2, 0.25) is 11.8 Å². The summed E-state index contributed by atoms with van der Waals surface area (Å²) in [7, 11) is 4.09. The van der Waals surface area contributed by atoms with Gasteiger partial charge in [0.25, 0.3) is 0 Å². The average molecular weight is 502 g/mol. The van der Waals surface area contributed by atoms with Crippen molar-refractivity contribution in [3.8, 4) is 11.6 Å². The van der Waals surface area contributed by atoms with E-state index in [1.54, 1.807) is 6.20 Å². The second-order valence-electron chi connectivity index (χ2n) is 10.7. The number of anilines is 2. The van der Waals surface area contributed by atoms with Crippen LogP contribution in [0.5, 0.6) is 11.6 Å². The number of benzene rings is 1. The Bertz CT molecular complexity index is 1400. The van der Waals surface area contributed by atoms with Crippen molar-refractivity contribution in [3.05, 3.63) is 53.6 Å². The van der Waals surface area contributed by atoms with Gasteiger partial charge in [0, 0.05) is 51.3 Å². The lowest BCUT2D eigenvalue weighted by Crippen LogP contribution is -2.45. The van der Waals surface area contributed by atoms with Crippen LogP contribution in [0.2, 0.25) is 0 Å². The topological polar surface area (TPSA) is 97.1 Å². The number of hydrogen-bond donors (Lipinski definition) is 1. The predicted octanol–water partition coefficient (Wildman–Crippen LogP) is 3.92. The molecule has 1 N–H and O–H groups in total. The Morgan fingerprint density at radius 1 is 1.00 bits per heavy atom. The first-order chi connectivity index (χ1) is 17.7. The molecule has 0 atom stereocenters. The zero-order chi connectivity index (χ0) is 26.2. The largest absolute Gasteiger partial charge is 0.437 e. The minimum absolute atomic E-state index is 0.00333. The Morgan fingerprint density at radius 3 is 2.51 bits per heavy atom. The van der Waals surface area contributed by atoms with Crippen LogP contribution in [0.15, 0.2) is 36.8 Å². The maximum absolute atomic E-state index is 6.33. The third-order valence-corrected chi connectivity index (χ3v) is 6.70. The van der Waals surface area contributed by atoms with E-state index >= 15 is 0 Å². The van der Waals surface area contributed by atoms with Gasteiger partial charge in [0.05, 0.1) is 11.9 Å². The number of nitrogens with zero attached hydrogens (tertiary/aromatic N) is 8. The third-order valence-electron chi connectivity index (χ3n) is 6.70. The van der Waals surface area contributed by atoms with E-state index in [4.69, 9.17) is 9.72 Å². The van der Waals surface area contributed by atoms with Gasteiger partial charge in [-0.3, -0.25) is 4.68 Å². The predicted molar refractivity (Wildman–Crippen MR) is 145 cm³/mol. The smallest absolute Gasteiger partial charge is 0.249 e. The Balaban J connectivity index is 1.36.